The number of rotatable bonds is 3. The van der Waals surface area contributed by atoms with Gasteiger partial charge in [0.25, 0.3) is 0 Å². The van der Waals surface area contributed by atoms with Crippen molar-refractivity contribution >= 4 is 11.3 Å². The molecule has 0 spiro atoms. The monoisotopic (exact) mass is 258 g/mol. The molecular weight excluding hydrogens is 240 g/mol. The molecule has 2 nitrogen and oxygen atoms in total. The molecule has 2 N–H and O–H groups in total. The summed E-state index contributed by atoms with van der Waals surface area (Å²) >= 11 is 1.89. The summed E-state index contributed by atoms with van der Waals surface area (Å²) in [6.45, 7) is 0. The van der Waals surface area contributed by atoms with Gasteiger partial charge in [0.15, 0.2) is 0 Å². The van der Waals surface area contributed by atoms with E-state index in [9.17, 15) is 0 Å². The van der Waals surface area contributed by atoms with Gasteiger partial charge >= 0.3 is 0 Å². The molecular formula is C15H18N2S. The Kier molecular flexibility index (Phi) is 3.43. The summed E-state index contributed by atoms with van der Waals surface area (Å²) in [4.78, 5) is 5.61. The van der Waals surface area contributed by atoms with Gasteiger partial charge in [-0.1, -0.05) is 0 Å². The highest BCUT2D eigenvalue weighted by atomic mass is 32.1. The number of hydrogen-bond donors (Lipinski definition) is 1. The summed E-state index contributed by atoms with van der Waals surface area (Å²) < 4.78 is 0. The van der Waals surface area contributed by atoms with Gasteiger partial charge in [0.2, 0.25) is 0 Å². The lowest BCUT2D eigenvalue weighted by Crippen LogP contribution is -2.32. The smallest absolute Gasteiger partial charge is 0.0270 e. The average Bonchev–Trinajstić information content (AvgIpc) is 2.87. The second kappa shape index (κ2) is 5.21. The first-order valence-electron chi connectivity index (χ1n) is 6.55. The Balaban J connectivity index is 1.76. The number of pyridine rings is 1. The minimum absolute atomic E-state index is 0.223. The first-order chi connectivity index (χ1) is 8.84. The molecule has 0 fully saturated rings. The molecule has 1 aliphatic carbocycles. The van der Waals surface area contributed by atoms with E-state index in [1.807, 2.05) is 23.7 Å². The van der Waals surface area contributed by atoms with Crippen molar-refractivity contribution in [3.8, 4) is 0 Å². The van der Waals surface area contributed by atoms with Crippen LogP contribution in [0.25, 0.3) is 0 Å². The Bertz CT molecular complexity index is 506. The van der Waals surface area contributed by atoms with Gasteiger partial charge in [-0.2, -0.15) is 0 Å². The molecule has 1 aliphatic rings. The quantitative estimate of drug-likeness (QED) is 0.918. The minimum Gasteiger partial charge on any atom is -0.327 e. The summed E-state index contributed by atoms with van der Waals surface area (Å²) in [7, 11) is 0. The van der Waals surface area contributed by atoms with E-state index in [0.29, 0.717) is 5.92 Å². The zero-order valence-electron chi connectivity index (χ0n) is 10.4. The topological polar surface area (TPSA) is 38.9 Å². The summed E-state index contributed by atoms with van der Waals surface area (Å²) in [5.74, 6) is 0.535. The van der Waals surface area contributed by atoms with Crippen LogP contribution in [0, 0.1) is 0 Å². The molecule has 0 saturated carbocycles. The molecule has 0 aromatic carbocycles. The molecule has 3 heteroatoms. The first kappa shape index (κ1) is 11.9. The molecule has 2 aromatic rings. The van der Waals surface area contributed by atoms with Crippen LogP contribution >= 0.6 is 11.3 Å². The van der Waals surface area contributed by atoms with E-state index >= 15 is 0 Å². The highest BCUT2D eigenvalue weighted by Crippen LogP contribution is 2.37. The van der Waals surface area contributed by atoms with Crippen LogP contribution in [-0.2, 0) is 12.8 Å². The minimum atomic E-state index is 0.223. The Morgan fingerprint density at radius 3 is 3.00 bits per heavy atom. The van der Waals surface area contributed by atoms with Gasteiger partial charge in [0, 0.05) is 29.2 Å². The van der Waals surface area contributed by atoms with Gasteiger partial charge in [-0.3, -0.25) is 4.98 Å². The standard InChI is InChI=1S/C15H18N2S/c16-14(10-11-4-7-17-8-5-11)12-2-1-3-15-13(12)6-9-18-15/h4-9,12,14H,1-3,10,16H2. The second-order valence-corrected chi connectivity index (χ2v) is 6.02. The fourth-order valence-electron chi connectivity index (χ4n) is 2.90. The Morgan fingerprint density at radius 2 is 2.17 bits per heavy atom. The fraction of sp³-hybridized carbons (Fsp3) is 0.400. The summed E-state index contributed by atoms with van der Waals surface area (Å²) in [5.41, 5.74) is 9.24. The Labute approximate surface area is 112 Å². The zero-order valence-corrected chi connectivity index (χ0v) is 11.2. The second-order valence-electron chi connectivity index (χ2n) is 5.02. The molecule has 94 valence electrons. The van der Waals surface area contributed by atoms with Crippen LogP contribution in [0.1, 0.15) is 34.8 Å². The van der Waals surface area contributed by atoms with E-state index in [1.165, 1.54) is 30.4 Å². The summed E-state index contributed by atoms with van der Waals surface area (Å²) in [6.07, 6.45) is 8.39. The highest BCUT2D eigenvalue weighted by Gasteiger charge is 2.26. The lowest BCUT2D eigenvalue weighted by atomic mass is 9.81. The van der Waals surface area contributed by atoms with Gasteiger partial charge in [-0.25, -0.2) is 0 Å². The van der Waals surface area contributed by atoms with Gasteiger partial charge in [-0.15, -0.1) is 11.3 Å². The predicted octanol–water partition coefficient (Wildman–Crippen LogP) is 3.13. The van der Waals surface area contributed by atoms with Crippen molar-refractivity contribution < 1.29 is 0 Å². The van der Waals surface area contributed by atoms with Crippen LogP contribution in [0.5, 0.6) is 0 Å². The van der Waals surface area contributed by atoms with Gasteiger partial charge < -0.3 is 5.73 Å². The maximum absolute atomic E-state index is 6.44. The third kappa shape index (κ3) is 2.33. The lowest BCUT2D eigenvalue weighted by Gasteiger charge is -2.28. The van der Waals surface area contributed by atoms with E-state index in [-0.39, 0.29) is 6.04 Å². The number of aryl methyl sites for hydroxylation is 1. The molecule has 0 radical (unpaired) electrons. The van der Waals surface area contributed by atoms with Gasteiger partial charge in [-0.05, 0) is 60.4 Å². The van der Waals surface area contributed by atoms with E-state index in [2.05, 4.69) is 28.6 Å². The van der Waals surface area contributed by atoms with Crippen LogP contribution < -0.4 is 5.73 Å². The normalized spacial score (nSPS) is 20.4. The number of fused-ring (bicyclic) bond motifs is 1. The largest absolute Gasteiger partial charge is 0.327 e. The summed E-state index contributed by atoms with van der Waals surface area (Å²) in [6, 6.07) is 6.63. The molecule has 18 heavy (non-hydrogen) atoms. The maximum Gasteiger partial charge on any atom is 0.0270 e. The molecule has 0 amide bonds. The number of nitrogens with two attached hydrogens (primary N) is 1. The van der Waals surface area contributed by atoms with E-state index < -0.39 is 0 Å². The molecule has 2 aromatic heterocycles. The van der Waals surface area contributed by atoms with E-state index in [0.717, 1.165) is 6.42 Å². The van der Waals surface area contributed by atoms with Gasteiger partial charge in [0.1, 0.15) is 0 Å². The van der Waals surface area contributed by atoms with Crippen molar-refractivity contribution in [2.75, 3.05) is 0 Å². The van der Waals surface area contributed by atoms with Crippen LogP contribution in [0.4, 0.5) is 0 Å². The van der Waals surface area contributed by atoms with E-state index in [4.69, 9.17) is 5.73 Å². The van der Waals surface area contributed by atoms with Crippen LogP contribution in [0.2, 0.25) is 0 Å². The van der Waals surface area contributed by atoms with Crippen molar-refractivity contribution in [3.63, 3.8) is 0 Å². The summed E-state index contributed by atoms with van der Waals surface area (Å²) in [5, 5.41) is 2.21. The average molecular weight is 258 g/mol. The number of aromatic nitrogens is 1. The molecule has 2 unspecified atom stereocenters. The number of thiophene rings is 1. The van der Waals surface area contributed by atoms with Crippen molar-refractivity contribution in [1.82, 2.24) is 4.98 Å². The maximum atomic E-state index is 6.44. The molecule has 2 heterocycles. The Hall–Kier alpha value is -1.19. The first-order valence-corrected chi connectivity index (χ1v) is 7.43. The Morgan fingerprint density at radius 1 is 1.33 bits per heavy atom. The van der Waals surface area contributed by atoms with Crippen LogP contribution in [0.3, 0.4) is 0 Å². The molecule has 2 atom stereocenters. The third-order valence-electron chi connectivity index (χ3n) is 3.84. The van der Waals surface area contributed by atoms with E-state index in [1.54, 1.807) is 4.88 Å². The highest BCUT2D eigenvalue weighted by molar-refractivity contribution is 7.10. The molecule has 3 rings (SSSR count). The number of nitrogens with zero attached hydrogens (tertiary/aromatic N) is 1. The van der Waals surface area contributed by atoms with Crippen LogP contribution in [0.15, 0.2) is 36.0 Å². The molecule has 0 aliphatic heterocycles. The molecule has 0 bridgehead atoms. The lowest BCUT2D eigenvalue weighted by molar-refractivity contribution is 0.464. The van der Waals surface area contributed by atoms with Crippen molar-refractivity contribution in [1.29, 1.82) is 0 Å². The fourth-order valence-corrected chi connectivity index (χ4v) is 3.90. The predicted molar refractivity (Wildman–Crippen MR) is 75.9 cm³/mol. The van der Waals surface area contributed by atoms with Gasteiger partial charge in [0.05, 0.1) is 0 Å². The third-order valence-corrected chi connectivity index (χ3v) is 4.83. The SMILES string of the molecule is NC(Cc1ccncc1)C1CCCc2sccc21. The van der Waals surface area contributed by atoms with Crippen LogP contribution in [-0.4, -0.2) is 11.0 Å². The van der Waals surface area contributed by atoms with Crippen molar-refractivity contribution in [3.05, 3.63) is 52.0 Å². The zero-order chi connectivity index (χ0) is 12.4. The van der Waals surface area contributed by atoms with Crippen molar-refractivity contribution in [2.24, 2.45) is 5.73 Å². The van der Waals surface area contributed by atoms with Crippen molar-refractivity contribution in [2.45, 2.75) is 37.6 Å². The molecule has 0 saturated heterocycles. The number of hydrogen-bond acceptors (Lipinski definition) is 3.